The van der Waals surface area contributed by atoms with E-state index in [2.05, 4.69) is 19.2 Å². The van der Waals surface area contributed by atoms with E-state index in [0.717, 1.165) is 5.75 Å². The summed E-state index contributed by atoms with van der Waals surface area (Å²) in [6.07, 6.45) is -0.435. The highest BCUT2D eigenvalue weighted by molar-refractivity contribution is 5.74. The summed E-state index contributed by atoms with van der Waals surface area (Å²) < 4.78 is 5.67. The molecule has 0 fully saturated rings. The van der Waals surface area contributed by atoms with Crippen LogP contribution in [0.2, 0.25) is 0 Å². The molecule has 0 radical (unpaired) electrons. The minimum Gasteiger partial charge on any atom is -0.471 e. The number of benzene rings is 1. The van der Waals surface area contributed by atoms with Gasteiger partial charge in [-0.25, -0.2) is 4.79 Å². The van der Waals surface area contributed by atoms with Crippen molar-refractivity contribution < 1.29 is 14.6 Å². The maximum absolute atomic E-state index is 11.9. The van der Waals surface area contributed by atoms with Gasteiger partial charge in [-0.15, -0.1) is 0 Å². The molecule has 0 heterocycles. The van der Waals surface area contributed by atoms with Gasteiger partial charge in [0.25, 0.3) is 0 Å². The van der Waals surface area contributed by atoms with E-state index in [1.165, 1.54) is 10.5 Å². The third-order valence-corrected chi connectivity index (χ3v) is 3.23. The van der Waals surface area contributed by atoms with Crippen LogP contribution in [0.4, 0.5) is 4.79 Å². The van der Waals surface area contributed by atoms with E-state index in [1.807, 2.05) is 31.2 Å². The van der Waals surface area contributed by atoms with Gasteiger partial charge in [-0.05, 0) is 37.5 Å². The van der Waals surface area contributed by atoms with Crippen LogP contribution in [-0.2, 0) is 0 Å². The van der Waals surface area contributed by atoms with Crippen LogP contribution in [0.3, 0.4) is 0 Å². The summed E-state index contributed by atoms with van der Waals surface area (Å²) in [6.45, 7) is 8.73. The highest BCUT2D eigenvalue weighted by Gasteiger charge is 2.14. The number of hydrogen-bond acceptors (Lipinski definition) is 3. The first kappa shape index (κ1) is 17.3. The molecule has 0 aliphatic carbocycles. The summed E-state index contributed by atoms with van der Waals surface area (Å²) in [5.41, 5.74) is 1.25. The molecule has 1 aromatic carbocycles. The van der Waals surface area contributed by atoms with Gasteiger partial charge in [0, 0.05) is 13.1 Å². The molecule has 0 aromatic heterocycles. The third kappa shape index (κ3) is 5.63. The van der Waals surface area contributed by atoms with Gasteiger partial charge in [0.05, 0.1) is 6.61 Å². The van der Waals surface area contributed by atoms with Crippen LogP contribution in [-0.4, -0.2) is 42.0 Å². The van der Waals surface area contributed by atoms with Crippen molar-refractivity contribution in [1.82, 2.24) is 10.2 Å². The van der Waals surface area contributed by atoms with E-state index in [4.69, 9.17) is 9.84 Å². The number of likely N-dealkylation sites (N-methyl/N-ethyl adjacent to an activating group) is 1. The van der Waals surface area contributed by atoms with Crippen LogP contribution >= 0.6 is 0 Å². The monoisotopic (exact) mass is 294 g/mol. The summed E-state index contributed by atoms with van der Waals surface area (Å²) in [5.74, 6) is 1.20. The Bertz CT molecular complexity index is 432. The van der Waals surface area contributed by atoms with Gasteiger partial charge in [0.1, 0.15) is 5.75 Å². The summed E-state index contributed by atoms with van der Waals surface area (Å²) in [5, 5.41) is 11.7. The van der Waals surface area contributed by atoms with Gasteiger partial charge in [0.15, 0.2) is 6.23 Å². The molecular weight excluding hydrogens is 268 g/mol. The summed E-state index contributed by atoms with van der Waals surface area (Å²) in [6, 6.07) is 7.63. The second kappa shape index (κ2) is 8.52. The van der Waals surface area contributed by atoms with Crippen LogP contribution < -0.4 is 10.1 Å². The molecule has 5 heteroatoms. The molecule has 0 aliphatic heterocycles. The molecular formula is C16H26N2O3. The maximum Gasteiger partial charge on any atom is 0.320 e. The minimum absolute atomic E-state index is 0.0485. The molecule has 0 spiro atoms. The van der Waals surface area contributed by atoms with Crippen molar-refractivity contribution in [2.45, 2.75) is 39.8 Å². The number of aliphatic hydroxyl groups excluding tert-OH is 1. The molecule has 5 nitrogen and oxygen atoms in total. The fourth-order valence-electron chi connectivity index (χ4n) is 1.95. The predicted molar refractivity (Wildman–Crippen MR) is 83.5 cm³/mol. The molecule has 0 saturated heterocycles. The van der Waals surface area contributed by atoms with Crippen molar-refractivity contribution in [1.29, 1.82) is 0 Å². The number of nitrogens with zero attached hydrogens (tertiary/aromatic N) is 1. The standard InChI is InChI=1S/C16H26N2O3/c1-5-18(10-11-19)16(20)17-13(4)21-15-8-6-14(7-9-15)12(2)3/h6-9,12-13,19H,5,10-11H2,1-4H3,(H,17,20). The Morgan fingerprint density at radius 1 is 1.29 bits per heavy atom. The highest BCUT2D eigenvalue weighted by Crippen LogP contribution is 2.19. The SMILES string of the molecule is CCN(CCO)C(=O)NC(C)Oc1ccc(C(C)C)cc1. The van der Waals surface area contributed by atoms with Gasteiger partial charge in [0.2, 0.25) is 0 Å². The largest absolute Gasteiger partial charge is 0.471 e. The zero-order valence-corrected chi connectivity index (χ0v) is 13.3. The van der Waals surface area contributed by atoms with Gasteiger partial charge in [-0.1, -0.05) is 26.0 Å². The maximum atomic E-state index is 11.9. The van der Waals surface area contributed by atoms with E-state index in [1.54, 1.807) is 6.92 Å². The number of amides is 2. The Hall–Kier alpha value is -1.75. The van der Waals surface area contributed by atoms with Crippen molar-refractivity contribution in [3.05, 3.63) is 29.8 Å². The molecule has 1 unspecified atom stereocenters. The second-order valence-electron chi connectivity index (χ2n) is 5.24. The second-order valence-corrected chi connectivity index (χ2v) is 5.24. The van der Waals surface area contributed by atoms with Crippen molar-refractivity contribution >= 4 is 6.03 Å². The topological polar surface area (TPSA) is 61.8 Å². The Balaban J connectivity index is 2.52. The van der Waals surface area contributed by atoms with Gasteiger partial charge >= 0.3 is 6.03 Å². The van der Waals surface area contributed by atoms with Crippen LogP contribution in [0.1, 0.15) is 39.2 Å². The van der Waals surface area contributed by atoms with Gasteiger partial charge < -0.3 is 20.1 Å². The fraction of sp³-hybridized carbons (Fsp3) is 0.562. The molecule has 1 aromatic rings. The van der Waals surface area contributed by atoms with Crippen molar-refractivity contribution in [3.8, 4) is 5.75 Å². The van der Waals surface area contributed by atoms with Crippen molar-refractivity contribution in [2.24, 2.45) is 0 Å². The third-order valence-electron chi connectivity index (χ3n) is 3.23. The number of nitrogens with one attached hydrogen (secondary N) is 1. The number of aliphatic hydroxyl groups is 1. The Morgan fingerprint density at radius 2 is 1.90 bits per heavy atom. The first-order valence-corrected chi connectivity index (χ1v) is 7.40. The average Bonchev–Trinajstić information content (AvgIpc) is 2.44. The zero-order valence-electron chi connectivity index (χ0n) is 13.3. The Morgan fingerprint density at radius 3 is 2.38 bits per heavy atom. The first-order valence-electron chi connectivity index (χ1n) is 7.40. The molecule has 1 rings (SSSR count). The first-order chi connectivity index (χ1) is 9.97. The predicted octanol–water partition coefficient (Wildman–Crippen LogP) is 2.56. The lowest BCUT2D eigenvalue weighted by atomic mass is 10.0. The van der Waals surface area contributed by atoms with Gasteiger partial charge in [-0.2, -0.15) is 0 Å². The lowest BCUT2D eigenvalue weighted by molar-refractivity contribution is 0.145. The number of hydrogen-bond donors (Lipinski definition) is 2. The normalized spacial score (nSPS) is 12.1. The van der Waals surface area contributed by atoms with E-state index >= 15 is 0 Å². The molecule has 2 amide bonds. The number of carbonyl (C=O) groups is 1. The summed E-state index contributed by atoms with van der Waals surface area (Å²) >= 11 is 0. The van der Waals surface area contributed by atoms with Crippen molar-refractivity contribution in [3.63, 3.8) is 0 Å². The fourth-order valence-corrected chi connectivity index (χ4v) is 1.95. The molecule has 21 heavy (non-hydrogen) atoms. The molecule has 1 atom stereocenters. The molecule has 2 N–H and O–H groups in total. The Kier molecular flexibility index (Phi) is 7.02. The number of carbonyl (C=O) groups excluding carboxylic acids is 1. The van der Waals surface area contributed by atoms with E-state index in [-0.39, 0.29) is 12.6 Å². The lowest BCUT2D eigenvalue weighted by Gasteiger charge is -2.23. The van der Waals surface area contributed by atoms with E-state index < -0.39 is 6.23 Å². The number of rotatable bonds is 7. The van der Waals surface area contributed by atoms with Crippen LogP contribution in [0.25, 0.3) is 0 Å². The zero-order chi connectivity index (χ0) is 15.8. The lowest BCUT2D eigenvalue weighted by Crippen LogP contribution is -2.46. The molecule has 0 bridgehead atoms. The van der Waals surface area contributed by atoms with Crippen LogP contribution in [0, 0.1) is 0 Å². The Labute approximate surface area is 126 Å². The highest BCUT2D eigenvalue weighted by atomic mass is 16.5. The van der Waals surface area contributed by atoms with E-state index in [0.29, 0.717) is 19.0 Å². The quantitative estimate of drug-likeness (QED) is 0.760. The van der Waals surface area contributed by atoms with Crippen LogP contribution in [0.15, 0.2) is 24.3 Å². The molecule has 118 valence electrons. The molecule has 0 aliphatic rings. The van der Waals surface area contributed by atoms with Crippen molar-refractivity contribution in [2.75, 3.05) is 19.7 Å². The van der Waals surface area contributed by atoms with E-state index in [9.17, 15) is 4.79 Å². The van der Waals surface area contributed by atoms with Gasteiger partial charge in [-0.3, -0.25) is 0 Å². The molecule has 0 saturated carbocycles. The smallest absolute Gasteiger partial charge is 0.320 e. The minimum atomic E-state index is -0.435. The average molecular weight is 294 g/mol. The number of urea groups is 1. The summed E-state index contributed by atoms with van der Waals surface area (Å²) in [7, 11) is 0. The van der Waals surface area contributed by atoms with Crippen LogP contribution in [0.5, 0.6) is 5.75 Å². The number of ether oxygens (including phenoxy) is 1. The summed E-state index contributed by atoms with van der Waals surface area (Å²) in [4.78, 5) is 13.5.